The molecule has 0 saturated heterocycles. The van der Waals surface area contributed by atoms with E-state index in [1.807, 2.05) is 42.5 Å². The second-order valence-electron chi connectivity index (χ2n) is 5.67. The van der Waals surface area contributed by atoms with E-state index >= 15 is 0 Å². The fraction of sp³-hybridized carbons (Fsp3) is 0.0500. The number of rotatable bonds is 2. The number of para-hydroxylation sites is 1. The molecule has 0 spiro atoms. The molecule has 1 aliphatic heterocycles. The zero-order chi connectivity index (χ0) is 18.3. The molecular formula is C20H13BrClNO2S. The van der Waals surface area contributed by atoms with Crippen molar-refractivity contribution in [3.05, 3.63) is 75.7 Å². The lowest BCUT2D eigenvalue weighted by molar-refractivity contribution is 0.0998. The smallest absolute Gasteiger partial charge is 0.262 e. The van der Waals surface area contributed by atoms with Crippen LogP contribution in [0.5, 0.6) is 5.75 Å². The van der Waals surface area contributed by atoms with Crippen LogP contribution < -0.4 is 9.64 Å². The van der Waals surface area contributed by atoms with Crippen molar-refractivity contribution in [1.82, 2.24) is 0 Å². The molecule has 0 fully saturated rings. The standard InChI is InChI=1S/C20H13BrClNO2S/c1-25-17-8-6-12(10-14(17)21)20(24)23-15-4-2-3-5-18(15)26-19-9-7-13(22)11-16(19)23/h2-11H,1H3. The molecule has 1 amide bonds. The Kier molecular flexibility index (Phi) is 4.69. The van der Waals surface area contributed by atoms with E-state index in [-0.39, 0.29) is 5.91 Å². The van der Waals surface area contributed by atoms with E-state index in [1.54, 1.807) is 42.0 Å². The van der Waals surface area contributed by atoms with Gasteiger partial charge in [0.15, 0.2) is 0 Å². The lowest BCUT2D eigenvalue weighted by Gasteiger charge is -2.31. The number of halogens is 2. The lowest BCUT2D eigenvalue weighted by Crippen LogP contribution is -2.28. The fourth-order valence-corrected chi connectivity index (χ4v) is 4.62. The minimum absolute atomic E-state index is 0.121. The Labute approximate surface area is 169 Å². The van der Waals surface area contributed by atoms with E-state index in [2.05, 4.69) is 15.9 Å². The molecule has 0 atom stereocenters. The SMILES string of the molecule is COc1ccc(C(=O)N2c3ccccc3Sc3ccc(Cl)cc32)cc1Br. The molecule has 130 valence electrons. The van der Waals surface area contributed by atoms with Crippen LogP contribution >= 0.6 is 39.3 Å². The fourth-order valence-electron chi connectivity index (χ4n) is 2.88. The number of carbonyl (C=O) groups excluding carboxylic acids is 1. The maximum Gasteiger partial charge on any atom is 0.262 e. The maximum absolute atomic E-state index is 13.4. The predicted molar refractivity (Wildman–Crippen MR) is 109 cm³/mol. The number of hydrogen-bond acceptors (Lipinski definition) is 3. The molecule has 0 bridgehead atoms. The van der Waals surface area contributed by atoms with Crippen LogP contribution in [0.3, 0.4) is 0 Å². The summed E-state index contributed by atoms with van der Waals surface area (Å²) in [6, 6.07) is 18.8. The quantitative estimate of drug-likeness (QED) is 0.447. The zero-order valence-electron chi connectivity index (χ0n) is 13.7. The third kappa shape index (κ3) is 3.00. The van der Waals surface area contributed by atoms with Gasteiger partial charge in [-0.05, 0) is 64.5 Å². The van der Waals surface area contributed by atoms with Crippen molar-refractivity contribution in [2.24, 2.45) is 0 Å². The largest absolute Gasteiger partial charge is 0.496 e. The number of carbonyl (C=O) groups is 1. The van der Waals surface area contributed by atoms with Gasteiger partial charge >= 0.3 is 0 Å². The van der Waals surface area contributed by atoms with E-state index in [4.69, 9.17) is 16.3 Å². The van der Waals surface area contributed by atoms with Crippen LogP contribution in [0.4, 0.5) is 11.4 Å². The summed E-state index contributed by atoms with van der Waals surface area (Å²) in [7, 11) is 1.60. The molecule has 3 nitrogen and oxygen atoms in total. The first-order chi connectivity index (χ1) is 12.6. The van der Waals surface area contributed by atoms with Crippen molar-refractivity contribution >= 4 is 56.6 Å². The summed E-state index contributed by atoms with van der Waals surface area (Å²) < 4.78 is 5.99. The van der Waals surface area contributed by atoms with Gasteiger partial charge in [0.05, 0.1) is 23.0 Å². The number of ether oxygens (including phenoxy) is 1. The van der Waals surface area contributed by atoms with Gasteiger partial charge in [0.2, 0.25) is 0 Å². The van der Waals surface area contributed by atoms with Crippen molar-refractivity contribution in [3.63, 3.8) is 0 Å². The Morgan fingerprint density at radius 2 is 1.81 bits per heavy atom. The highest BCUT2D eigenvalue weighted by atomic mass is 79.9. The van der Waals surface area contributed by atoms with Gasteiger partial charge in [0, 0.05) is 20.4 Å². The molecule has 3 aromatic rings. The van der Waals surface area contributed by atoms with Gasteiger partial charge in [0.25, 0.3) is 5.91 Å². The minimum Gasteiger partial charge on any atom is -0.496 e. The third-order valence-corrected chi connectivity index (χ3v) is 6.07. The molecule has 0 unspecified atom stereocenters. The van der Waals surface area contributed by atoms with Crippen LogP contribution in [-0.2, 0) is 0 Å². The molecule has 26 heavy (non-hydrogen) atoms. The van der Waals surface area contributed by atoms with Crippen LogP contribution in [0.15, 0.2) is 74.9 Å². The first kappa shape index (κ1) is 17.5. The van der Waals surface area contributed by atoms with Crippen LogP contribution in [0.1, 0.15) is 10.4 Å². The highest BCUT2D eigenvalue weighted by Crippen LogP contribution is 2.49. The number of anilines is 2. The van der Waals surface area contributed by atoms with E-state index in [0.717, 1.165) is 25.6 Å². The molecule has 0 saturated carbocycles. The number of hydrogen-bond donors (Lipinski definition) is 0. The summed E-state index contributed by atoms with van der Waals surface area (Å²) in [6.45, 7) is 0. The molecule has 0 radical (unpaired) electrons. The second kappa shape index (κ2) is 6.99. The molecule has 0 aliphatic carbocycles. The third-order valence-electron chi connectivity index (χ3n) is 4.09. The van der Waals surface area contributed by atoms with Gasteiger partial charge in [-0.25, -0.2) is 0 Å². The Balaban J connectivity index is 1.86. The van der Waals surface area contributed by atoms with Crippen molar-refractivity contribution in [2.75, 3.05) is 12.0 Å². The van der Waals surface area contributed by atoms with Gasteiger partial charge < -0.3 is 4.74 Å². The number of methoxy groups -OCH3 is 1. The van der Waals surface area contributed by atoms with Crippen LogP contribution in [-0.4, -0.2) is 13.0 Å². The van der Waals surface area contributed by atoms with Crippen molar-refractivity contribution < 1.29 is 9.53 Å². The van der Waals surface area contributed by atoms with E-state index in [9.17, 15) is 4.79 Å². The molecule has 4 rings (SSSR count). The number of fused-ring (bicyclic) bond motifs is 2. The van der Waals surface area contributed by atoms with Crippen molar-refractivity contribution in [2.45, 2.75) is 9.79 Å². The molecule has 0 aromatic heterocycles. The summed E-state index contributed by atoms with van der Waals surface area (Å²) in [5.74, 6) is 0.559. The first-order valence-corrected chi connectivity index (χ1v) is 9.81. The molecule has 6 heteroatoms. The summed E-state index contributed by atoms with van der Waals surface area (Å²) >= 11 is 11.3. The zero-order valence-corrected chi connectivity index (χ0v) is 16.9. The van der Waals surface area contributed by atoms with E-state index < -0.39 is 0 Å². The van der Waals surface area contributed by atoms with Gasteiger partial charge in [-0.1, -0.05) is 35.5 Å². The van der Waals surface area contributed by atoms with Gasteiger partial charge in [-0.15, -0.1) is 0 Å². The van der Waals surface area contributed by atoms with Gasteiger partial charge in [-0.3, -0.25) is 9.69 Å². The summed E-state index contributed by atoms with van der Waals surface area (Å²) in [4.78, 5) is 17.1. The lowest BCUT2D eigenvalue weighted by atomic mass is 10.1. The Morgan fingerprint density at radius 1 is 1.04 bits per heavy atom. The number of amides is 1. The average molecular weight is 447 g/mol. The number of nitrogens with zero attached hydrogens (tertiary/aromatic N) is 1. The van der Waals surface area contributed by atoms with Crippen molar-refractivity contribution in [1.29, 1.82) is 0 Å². The van der Waals surface area contributed by atoms with Crippen LogP contribution in [0.2, 0.25) is 5.02 Å². The maximum atomic E-state index is 13.4. The molecule has 1 aliphatic rings. The van der Waals surface area contributed by atoms with Crippen LogP contribution in [0.25, 0.3) is 0 Å². The average Bonchev–Trinajstić information content (AvgIpc) is 2.65. The highest BCUT2D eigenvalue weighted by Gasteiger charge is 2.29. The Bertz CT molecular complexity index is 1020. The first-order valence-electron chi connectivity index (χ1n) is 7.83. The normalized spacial score (nSPS) is 12.3. The van der Waals surface area contributed by atoms with Crippen LogP contribution in [0, 0.1) is 0 Å². The van der Waals surface area contributed by atoms with E-state index in [1.165, 1.54) is 0 Å². The molecule has 1 heterocycles. The summed E-state index contributed by atoms with van der Waals surface area (Å²) in [6.07, 6.45) is 0. The number of benzene rings is 3. The van der Waals surface area contributed by atoms with E-state index in [0.29, 0.717) is 16.3 Å². The Hall–Kier alpha value is -1.95. The molecule has 0 N–H and O–H groups in total. The predicted octanol–water partition coefficient (Wildman–Crippen LogP) is 6.55. The summed E-state index contributed by atoms with van der Waals surface area (Å²) in [5.41, 5.74) is 2.20. The van der Waals surface area contributed by atoms with Gasteiger partial charge in [0.1, 0.15) is 5.75 Å². The Morgan fingerprint density at radius 3 is 2.58 bits per heavy atom. The second-order valence-corrected chi connectivity index (χ2v) is 8.05. The summed E-state index contributed by atoms with van der Waals surface area (Å²) in [5, 5.41) is 0.595. The molecular weight excluding hydrogens is 434 g/mol. The topological polar surface area (TPSA) is 29.5 Å². The van der Waals surface area contributed by atoms with Crippen molar-refractivity contribution in [3.8, 4) is 5.75 Å². The highest BCUT2D eigenvalue weighted by molar-refractivity contribution is 9.10. The minimum atomic E-state index is -0.121. The van der Waals surface area contributed by atoms with Gasteiger partial charge in [-0.2, -0.15) is 0 Å². The monoisotopic (exact) mass is 445 g/mol. The molecule has 3 aromatic carbocycles.